The van der Waals surface area contributed by atoms with E-state index in [4.69, 9.17) is 0 Å². The molecule has 6 heteroatoms. The summed E-state index contributed by atoms with van der Waals surface area (Å²) >= 11 is 0. The molecule has 29 heavy (non-hydrogen) atoms. The van der Waals surface area contributed by atoms with Crippen LogP contribution in [0.5, 0.6) is 0 Å². The van der Waals surface area contributed by atoms with Gasteiger partial charge in [-0.3, -0.25) is 4.79 Å². The second kappa shape index (κ2) is 8.11. The molecule has 2 aromatic rings. The van der Waals surface area contributed by atoms with Crippen molar-refractivity contribution in [2.24, 2.45) is 0 Å². The molecule has 1 unspecified atom stereocenters. The fourth-order valence-electron chi connectivity index (χ4n) is 4.48. The van der Waals surface area contributed by atoms with E-state index < -0.39 is 0 Å². The van der Waals surface area contributed by atoms with Crippen molar-refractivity contribution in [2.45, 2.75) is 51.6 Å². The molecule has 0 bridgehead atoms. The number of rotatable bonds is 4. The first kappa shape index (κ1) is 19.8. The summed E-state index contributed by atoms with van der Waals surface area (Å²) in [5, 5.41) is 3.89. The Labute approximate surface area is 173 Å². The topological polar surface area (TPSA) is 61.4 Å². The number of amides is 1. The summed E-state index contributed by atoms with van der Waals surface area (Å²) in [5.74, 6) is 1.04. The third-order valence-electron chi connectivity index (χ3n) is 6.27. The van der Waals surface area contributed by atoms with Crippen molar-refractivity contribution in [1.82, 2.24) is 20.2 Å². The number of carbonyl (C=O) groups is 1. The molecule has 1 N–H and O–H groups in total. The van der Waals surface area contributed by atoms with Crippen molar-refractivity contribution >= 4 is 11.7 Å². The second-order valence-electron chi connectivity index (χ2n) is 8.59. The molecule has 1 aromatic carbocycles. The van der Waals surface area contributed by atoms with Crippen molar-refractivity contribution in [3.63, 3.8) is 0 Å². The zero-order valence-corrected chi connectivity index (χ0v) is 17.9. The average Bonchev–Trinajstić information content (AvgIpc) is 3.17. The predicted octanol–water partition coefficient (Wildman–Crippen LogP) is 2.52. The number of fused-ring (bicyclic) bond motifs is 1. The maximum absolute atomic E-state index is 12.4. The van der Waals surface area contributed by atoms with Gasteiger partial charge in [0.2, 0.25) is 5.82 Å². The van der Waals surface area contributed by atoms with Gasteiger partial charge in [-0.1, -0.05) is 24.3 Å². The van der Waals surface area contributed by atoms with E-state index in [-0.39, 0.29) is 11.7 Å². The molecule has 0 radical (unpaired) electrons. The van der Waals surface area contributed by atoms with Crippen LogP contribution in [-0.4, -0.2) is 60.0 Å². The molecule has 1 aliphatic heterocycles. The number of benzene rings is 1. The van der Waals surface area contributed by atoms with E-state index in [0.29, 0.717) is 12.1 Å². The molecule has 6 nitrogen and oxygen atoms in total. The summed E-state index contributed by atoms with van der Waals surface area (Å²) in [7, 11) is 3.47. The number of carbonyl (C=O) groups excluding carboxylic acids is 1. The van der Waals surface area contributed by atoms with Crippen molar-refractivity contribution < 1.29 is 4.79 Å². The fraction of sp³-hybridized carbons (Fsp3) is 0.522. The number of aryl methyl sites for hydroxylation is 2. The minimum Gasteiger partial charge on any atom is -0.355 e. The van der Waals surface area contributed by atoms with Crippen LogP contribution in [0.3, 0.4) is 0 Å². The van der Waals surface area contributed by atoms with Crippen LogP contribution in [0, 0.1) is 13.8 Å². The Morgan fingerprint density at radius 3 is 2.62 bits per heavy atom. The number of nitrogens with zero attached hydrogens (tertiary/aromatic N) is 4. The summed E-state index contributed by atoms with van der Waals surface area (Å²) in [5.41, 5.74) is 4.93. The van der Waals surface area contributed by atoms with Gasteiger partial charge in [-0.05, 0) is 50.7 Å². The lowest BCUT2D eigenvalue weighted by Crippen LogP contribution is -2.43. The number of hydrogen-bond acceptors (Lipinski definition) is 5. The quantitative estimate of drug-likeness (QED) is 0.865. The normalized spacial score (nSPS) is 21.2. The van der Waals surface area contributed by atoms with Crippen LogP contribution in [0.15, 0.2) is 24.3 Å². The Kier molecular flexibility index (Phi) is 5.54. The van der Waals surface area contributed by atoms with Gasteiger partial charge in [0.1, 0.15) is 5.82 Å². The minimum absolute atomic E-state index is 0.149. The van der Waals surface area contributed by atoms with Crippen molar-refractivity contribution in [2.75, 3.05) is 32.1 Å². The van der Waals surface area contributed by atoms with Crippen molar-refractivity contribution in [1.29, 1.82) is 0 Å². The summed E-state index contributed by atoms with van der Waals surface area (Å²) in [6, 6.07) is 9.80. The van der Waals surface area contributed by atoms with Crippen LogP contribution in [-0.2, 0) is 12.8 Å². The Morgan fingerprint density at radius 1 is 1.10 bits per heavy atom. The first-order chi connectivity index (χ1) is 13.9. The summed E-state index contributed by atoms with van der Waals surface area (Å²) < 4.78 is 0. The molecule has 1 amide bonds. The maximum atomic E-state index is 12.4. The Bertz CT molecular complexity index is 910. The van der Waals surface area contributed by atoms with Crippen molar-refractivity contribution in [3.8, 4) is 0 Å². The van der Waals surface area contributed by atoms with E-state index in [1.165, 1.54) is 22.4 Å². The maximum Gasteiger partial charge on any atom is 0.291 e. The van der Waals surface area contributed by atoms with E-state index in [9.17, 15) is 4.79 Å². The first-order valence-corrected chi connectivity index (χ1v) is 10.6. The lowest BCUT2D eigenvalue weighted by molar-refractivity contribution is 0.0815. The molecule has 0 spiro atoms. The van der Waals surface area contributed by atoms with E-state index in [2.05, 4.69) is 44.5 Å². The molecule has 2 aliphatic rings. The van der Waals surface area contributed by atoms with Gasteiger partial charge in [0, 0.05) is 50.5 Å². The number of aromatic nitrogens is 2. The molecular weight excluding hydrogens is 362 g/mol. The van der Waals surface area contributed by atoms with Gasteiger partial charge in [-0.15, -0.1) is 0 Å². The van der Waals surface area contributed by atoms with E-state index >= 15 is 0 Å². The molecular formula is C23H31N5O. The smallest absolute Gasteiger partial charge is 0.291 e. The summed E-state index contributed by atoms with van der Waals surface area (Å²) in [4.78, 5) is 25.3. The monoisotopic (exact) mass is 393 g/mol. The Balaban J connectivity index is 1.44. The molecule has 1 fully saturated rings. The number of hydrogen-bond donors (Lipinski definition) is 1. The Hall–Kier alpha value is -2.47. The Morgan fingerprint density at radius 2 is 1.86 bits per heavy atom. The van der Waals surface area contributed by atoms with Gasteiger partial charge in [0.25, 0.3) is 5.91 Å². The van der Waals surface area contributed by atoms with Crippen LogP contribution in [0.4, 0.5) is 5.82 Å². The highest BCUT2D eigenvalue weighted by Crippen LogP contribution is 2.26. The van der Waals surface area contributed by atoms with Gasteiger partial charge in [0.15, 0.2) is 0 Å². The zero-order valence-electron chi connectivity index (χ0n) is 17.9. The van der Waals surface area contributed by atoms with Crippen LogP contribution in [0.1, 0.15) is 45.8 Å². The number of nitrogens with one attached hydrogen (secondary N) is 1. The molecule has 4 rings (SSSR count). The fourth-order valence-corrected chi connectivity index (χ4v) is 4.48. The molecule has 2 heterocycles. The highest BCUT2D eigenvalue weighted by molar-refractivity contribution is 5.90. The largest absolute Gasteiger partial charge is 0.355 e. The van der Waals surface area contributed by atoms with Gasteiger partial charge < -0.3 is 15.1 Å². The third kappa shape index (κ3) is 4.13. The summed E-state index contributed by atoms with van der Waals surface area (Å²) in [6.07, 6.45) is 4.56. The summed E-state index contributed by atoms with van der Waals surface area (Å²) in [6.45, 7) is 5.88. The third-order valence-corrected chi connectivity index (χ3v) is 6.27. The molecule has 2 atom stereocenters. The van der Waals surface area contributed by atoms with Gasteiger partial charge in [-0.2, -0.15) is 0 Å². The zero-order chi connectivity index (χ0) is 20.5. The lowest BCUT2D eigenvalue weighted by atomic mass is 9.88. The molecule has 154 valence electrons. The predicted molar refractivity (Wildman–Crippen MR) is 116 cm³/mol. The van der Waals surface area contributed by atoms with Gasteiger partial charge in [-0.25, -0.2) is 9.97 Å². The van der Waals surface area contributed by atoms with E-state index in [1.54, 1.807) is 14.1 Å². The van der Waals surface area contributed by atoms with Crippen molar-refractivity contribution in [3.05, 3.63) is 52.5 Å². The van der Waals surface area contributed by atoms with Crippen LogP contribution < -0.4 is 10.2 Å². The van der Waals surface area contributed by atoms with Gasteiger partial charge in [0.05, 0.1) is 0 Å². The van der Waals surface area contributed by atoms with E-state index in [0.717, 1.165) is 49.4 Å². The first-order valence-electron chi connectivity index (χ1n) is 10.6. The molecule has 1 aromatic heterocycles. The van der Waals surface area contributed by atoms with Gasteiger partial charge >= 0.3 is 0 Å². The minimum atomic E-state index is -0.149. The number of anilines is 1. The second-order valence-corrected chi connectivity index (χ2v) is 8.59. The van der Waals surface area contributed by atoms with E-state index in [1.807, 2.05) is 13.8 Å². The highest BCUT2D eigenvalue weighted by Gasteiger charge is 2.29. The van der Waals surface area contributed by atoms with Crippen LogP contribution >= 0.6 is 0 Å². The SMILES string of the molecule is Cc1nc(C(=O)N(C)C)nc(N2CC[C@@H](NC3CCc4ccccc4C3)C2)c1C. The van der Waals surface area contributed by atoms with Crippen LogP contribution in [0.25, 0.3) is 0 Å². The molecule has 0 saturated carbocycles. The average molecular weight is 394 g/mol. The lowest BCUT2D eigenvalue weighted by Gasteiger charge is -2.28. The highest BCUT2D eigenvalue weighted by atomic mass is 16.2. The molecule has 1 aliphatic carbocycles. The van der Waals surface area contributed by atoms with Crippen LogP contribution in [0.2, 0.25) is 0 Å². The standard InChI is InChI=1S/C23H31N5O/c1-15-16(2)24-21(23(29)27(3)4)26-22(15)28-12-11-20(14-28)25-19-10-9-17-7-5-6-8-18(17)13-19/h5-8,19-20,25H,9-14H2,1-4H3/t19?,20-/m1/s1. The molecule has 1 saturated heterocycles.